The van der Waals surface area contributed by atoms with Crippen molar-refractivity contribution in [3.8, 4) is 0 Å². The lowest BCUT2D eigenvalue weighted by Gasteiger charge is -2.31. The molecule has 1 N–H and O–H groups in total. The van der Waals surface area contributed by atoms with Crippen LogP contribution in [0.2, 0.25) is 0 Å². The Labute approximate surface area is 119 Å². The summed E-state index contributed by atoms with van der Waals surface area (Å²) in [5.74, 6) is -0.459. The van der Waals surface area contributed by atoms with Gasteiger partial charge in [-0.2, -0.15) is 0 Å². The predicted octanol–water partition coefficient (Wildman–Crippen LogP) is 2.10. The van der Waals surface area contributed by atoms with E-state index in [4.69, 9.17) is 0 Å². The molecule has 0 unspecified atom stereocenters. The Kier molecular flexibility index (Phi) is 4.70. The summed E-state index contributed by atoms with van der Waals surface area (Å²) in [6.07, 6.45) is 3.76. The Hall–Kier alpha value is -1.49. The zero-order valence-corrected chi connectivity index (χ0v) is 12.3. The van der Waals surface area contributed by atoms with Gasteiger partial charge >= 0.3 is 0 Å². The van der Waals surface area contributed by atoms with E-state index in [1.54, 1.807) is 0 Å². The normalized spacial score (nSPS) is 24.6. The van der Waals surface area contributed by atoms with Crippen LogP contribution in [0.4, 0.5) is 4.39 Å². The molecule has 2 heterocycles. The van der Waals surface area contributed by atoms with Crippen molar-refractivity contribution < 1.29 is 9.18 Å². The molecule has 0 radical (unpaired) electrons. The number of hydrogen-bond donors (Lipinski definition) is 1. The SMILES string of the molecule is C[C@@H]1CC[C@H](C)N1[C@H](C)C(=O)NCc1ncccc1F. The van der Waals surface area contributed by atoms with Crippen LogP contribution >= 0.6 is 0 Å². The number of carbonyl (C=O) groups excluding carboxylic acids is 1. The minimum Gasteiger partial charge on any atom is -0.349 e. The molecule has 1 fully saturated rings. The molecular weight excluding hydrogens is 257 g/mol. The van der Waals surface area contributed by atoms with Crippen molar-refractivity contribution in [2.24, 2.45) is 0 Å². The van der Waals surface area contributed by atoms with E-state index in [1.807, 2.05) is 6.92 Å². The monoisotopic (exact) mass is 279 g/mol. The van der Waals surface area contributed by atoms with Crippen LogP contribution in [0.1, 0.15) is 39.3 Å². The lowest BCUT2D eigenvalue weighted by molar-refractivity contribution is -0.127. The first-order valence-corrected chi connectivity index (χ1v) is 7.15. The van der Waals surface area contributed by atoms with Gasteiger partial charge in [0.2, 0.25) is 5.91 Å². The number of halogens is 1. The van der Waals surface area contributed by atoms with Gasteiger partial charge in [-0.25, -0.2) is 4.39 Å². The summed E-state index contributed by atoms with van der Waals surface area (Å²) in [4.78, 5) is 18.4. The average molecular weight is 279 g/mol. The molecule has 3 atom stereocenters. The molecule has 110 valence electrons. The van der Waals surface area contributed by atoms with Gasteiger partial charge in [-0.3, -0.25) is 14.7 Å². The number of pyridine rings is 1. The van der Waals surface area contributed by atoms with Crippen LogP contribution in [-0.2, 0) is 11.3 Å². The molecule has 0 aliphatic carbocycles. The first-order valence-electron chi connectivity index (χ1n) is 7.15. The van der Waals surface area contributed by atoms with Crippen LogP contribution in [-0.4, -0.2) is 33.9 Å². The van der Waals surface area contributed by atoms with Gasteiger partial charge in [0.25, 0.3) is 0 Å². The first kappa shape index (κ1) is 14.9. The molecule has 1 aromatic heterocycles. The summed E-state index contributed by atoms with van der Waals surface area (Å²) in [5, 5.41) is 2.77. The van der Waals surface area contributed by atoms with Crippen molar-refractivity contribution >= 4 is 5.91 Å². The molecule has 20 heavy (non-hydrogen) atoms. The van der Waals surface area contributed by atoms with Crippen LogP contribution in [0.3, 0.4) is 0 Å². The molecule has 0 spiro atoms. The summed E-state index contributed by atoms with van der Waals surface area (Å²) < 4.78 is 13.4. The Morgan fingerprint density at radius 1 is 1.50 bits per heavy atom. The van der Waals surface area contributed by atoms with E-state index < -0.39 is 0 Å². The van der Waals surface area contributed by atoms with Gasteiger partial charge in [0.05, 0.1) is 18.3 Å². The lowest BCUT2D eigenvalue weighted by Crippen LogP contribution is -2.49. The fraction of sp³-hybridized carbons (Fsp3) is 0.600. The molecule has 4 nitrogen and oxygen atoms in total. The minimum atomic E-state index is -0.386. The van der Waals surface area contributed by atoms with Crippen molar-refractivity contribution in [1.82, 2.24) is 15.2 Å². The molecule has 2 rings (SSSR count). The van der Waals surface area contributed by atoms with Crippen LogP contribution < -0.4 is 5.32 Å². The quantitative estimate of drug-likeness (QED) is 0.918. The van der Waals surface area contributed by atoms with Gasteiger partial charge in [0.1, 0.15) is 5.82 Å². The van der Waals surface area contributed by atoms with E-state index >= 15 is 0 Å². The maximum absolute atomic E-state index is 13.4. The standard InChI is InChI=1S/C15H22FN3O/c1-10-6-7-11(2)19(10)12(3)15(20)18-9-14-13(16)5-4-8-17-14/h4-5,8,10-12H,6-7,9H2,1-3H3,(H,18,20)/t10-,11+,12-/m1/s1. The van der Waals surface area contributed by atoms with Crippen molar-refractivity contribution in [3.63, 3.8) is 0 Å². The van der Waals surface area contributed by atoms with Gasteiger partial charge in [-0.1, -0.05) is 0 Å². The zero-order chi connectivity index (χ0) is 14.7. The molecule has 1 aliphatic rings. The fourth-order valence-electron chi connectivity index (χ4n) is 2.98. The number of nitrogens with one attached hydrogen (secondary N) is 1. The zero-order valence-electron chi connectivity index (χ0n) is 12.3. The average Bonchev–Trinajstić information content (AvgIpc) is 2.76. The number of likely N-dealkylation sites (tertiary alicyclic amines) is 1. The van der Waals surface area contributed by atoms with Gasteiger partial charge < -0.3 is 5.32 Å². The Morgan fingerprint density at radius 3 is 2.75 bits per heavy atom. The maximum atomic E-state index is 13.4. The highest BCUT2D eigenvalue weighted by Crippen LogP contribution is 2.25. The smallest absolute Gasteiger partial charge is 0.237 e. The van der Waals surface area contributed by atoms with E-state index in [2.05, 4.69) is 29.0 Å². The molecule has 0 saturated carbocycles. The van der Waals surface area contributed by atoms with Gasteiger partial charge in [0.15, 0.2) is 0 Å². The first-order chi connectivity index (χ1) is 9.50. The molecule has 0 bridgehead atoms. The molecule has 1 aromatic rings. The van der Waals surface area contributed by atoms with E-state index in [9.17, 15) is 9.18 Å². The second kappa shape index (κ2) is 6.31. The third kappa shape index (κ3) is 3.15. The highest BCUT2D eigenvalue weighted by atomic mass is 19.1. The molecule has 1 saturated heterocycles. The molecule has 1 amide bonds. The fourth-order valence-corrected chi connectivity index (χ4v) is 2.98. The van der Waals surface area contributed by atoms with Gasteiger partial charge in [-0.15, -0.1) is 0 Å². The van der Waals surface area contributed by atoms with Crippen molar-refractivity contribution in [1.29, 1.82) is 0 Å². The summed E-state index contributed by atoms with van der Waals surface area (Å²) in [6.45, 7) is 6.33. The molecule has 5 heteroatoms. The summed E-state index contributed by atoms with van der Waals surface area (Å²) >= 11 is 0. The number of hydrogen-bond acceptors (Lipinski definition) is 3. The second-order valence-electron chi connectivity index (χ2n) is 5.55. The van der Waals surface area contributed by atoms with E-state index in [0.717, 1.165) is 12.8 Å². The maximum Gasteiger partial charge on any atom is 0.237 e. The Bertz CT molecular complexity index is 470. The minimum absolute atomic E-state index is 0.0735. The van der Waals surface area contributed by atoms with Crippen molar-refractivity contribution in [2.75, 3.05) is 0 Å². The summed E-state index contributed by atoms with van der Waals surface area (Å²) in [7, 11) is 0. The summed E-state index contributed by atoms with van der Waals surface area (Å²) in [5.41, 5.74) is 0.274. The second-order valence-corrected chi connectivity index (χ2v) is 5.55. The van der Waals surface area contributed by atoms with E-state index in [0.29, 0.717) is 12.1 Å². The predicted molar refractivity (Wildman–Crippen MR) is 75.5 cm³/mol. The third-order valence-corrected chi connectivity index (χ3v) is 4.11. The molecule has 1 aliphatic heterocycles. The van der Waals surface area contributed by atoms with Crippen LogP contribution in [0.5, 0.6) is 0 Å². The topological polar surface area (TPSA) is 45.2 Å². The van der Waals surface area contributed by atoms with E-state index in [1.165, 1.54) is 18.3 Å². The van der Waals surface area contributed by atoms with Crippen molar-refractivity contribution in [2.45, 2.75) is 58.3 Å². The number of nitrogens with zero attached hydrogens (tertiary/aromatic N) is 2. The van der Waals surface area contributed by atoms with Gasteiger partial charge in [0, 0.05) is 18.3 Å². The van der Waals surface area contributed by atoms with Gasteiger partial charge in [-0.05, 0) is 45.7 Å². The molecular formula is C15H22FN3O. The van der Waals surface area contributed by atoms with Crippen molar-refractivity contribution in [3.05, 3.63) is 29.8 Å². The molecule has 0 aromatic carbocycles. The van der Waals surface area contributed by atoms with Crippen LogP contribution in [0.25, 0.3) is 0 Å². The lowest BCUT2D eigenvalue weighted by atomic mass is 10.2. The number of aromatic nitrogens is 1. The highest BCUT2D eigenvalue weighted by Gasteiger charge is 2.34. The van der Waals surface area contributed by atoms with Crippen LogP contribution in [0.15, 0.2) is 18.3 Å². The number of carbonyl (C=O) groups is 1. The van der Waals surface area contributed by atoms with Crippen LogP contribution in [0, 0.1) is 5.82 Å². The Morgan fingerprint density at radius 2 is 2.15 bits per heavy atom. The van der Waals surface area contributed by atoms with E-state index in [-0.39, 0.29) is 30.0 Å². The largest absolute Gasteiger partial charge is 0.349 e. The highest BCUT2D eigenvalue weighted by molar-refractivity contribution is 5.81. The number of amides is 1. The Balaban J connectivity index is 1.93. The number of rotatable bonds is 4. The third-order valence-electron chi connectivity index (χ3n) is 4.11. The summed E-state index contributed by atoms with van der Waals surface area (Å²) in [6, 6.07) is 3.52.